The fourth-order valence-corrected chi connectivity index (χ4v) is 24.9. The first-order chi connectivity index (χ1) is 66.7. The molecule has 0 fully saturated rings. The number of benzene rings is 18. The van der Waals surface area contributed by atoms with Crippen LogP contribution in [0.2, 0.25) is 0 Å². The van der Waals surface area contributed by atoms with Gasteiger partial charge in [0.05, 0.1) is 22.8 Å². The van der Waals surface area contributed by atoms with Gasteiger partial charge in [0, 0.05) is 194 Å². The molecule has 12 aromatic heterocycles. The van der Waals surface area contributed by atoms with Crippen LogP contribution in [-0.2, 0) is 0 Å². The lowest BCUT2D eigenvalue weighted by Crippen LogP contribution is -2.00. The Morgan fingerprint density at radius 1 is 0.126 bits per heavy atom. The van der Waals surface area contributed by atoms with Crippen LogP contribution in [-0.4, -0.2) is 34.9 Å². The molecule has 0 unspecified atom stereocenters. The van der Waals surface area contributed by atoms with Gasteiger partial charge in [0.2, 0.25) is 0 Å². The van der Waals surface area contributed by atoms with E-state index >= 15 is 0 Å². The highest BCUT2D eigenvalue weighted by atomic mass is 32.1. The standard InChI is InChI=1S/C40H22N2O2S.C40H22N2OS2.C39H21N3OS2/c1-4-10-34-26(7-1)30-19-23(14-17-36(30)43-34)32-22-33(24-13-16-29-28-9-3-6-12-38(28)45-39(29)21-24)42-40(41-32)25-15-18-37-31(20-25)27-8-2-5-11-35(27)44-37;1-4-10-34-26(7-1)27-16-13-25(21-35(27)43-34)40-41-32(23-14-17-38-30(19-23)28-8-2-5-11-36(28)44-38)22-33(42-40)24-15-18-39-31(20-24)29-9-3-6-12-37(29)45-39;1-4-10-31-25(7-1)26-16-13-24(21-32(26)43-31)39-41-37(22-14-17-35-29(19-22)27-8-2-5-11-33(27)44-35)40-38(42-39)23-15-18-36-30(20-23)28-9-3-6-12-34(28)45-36/h2*1-22H;1-21H. The molecule has 30 rings (SSSR count). The van der Waals surface area contributed by atoms with E-state index in [-0.39, 0.29) is 0 Å². The van der Waals surface area contributed by atoms with Crippen molar-refractivity contribution in [2.75, 3.05) is 0 Å². The third-order valence-corrected chi connectivity index (χ3v) is 31.7. The van der Waals surface area contributed by atoms with Gasteiger partial charge in [-0.25, -0.2) is 34.9 Å². The summed E-state index contributed by atoms with van der Waals surface area (Å²) in [4.78, 5) is 36.0. The Morgan fingerprint density at radius 2 is 0.333 bits per heavy atom. The minimum Gasteiger partial charge on any atom is -0.456 e. The molecule has 135 heavy (non-hydrogen) atoms. The third-order valence-electron chi connectivity index (χ3n) is 26.0. The van der Waals surface area contributed by atoms with Gasteiger partial charge in [-0.2, -0.15) is 0 Å². The number of fused-ring (bicyclic) bond motifs is 27. The average molecular weight is 1820 g/mol. The van der Waals surface area contributed by atoms with E-state index in [0.717, 1.165) is 161 Å². The molecule has 0 amide bonds. The molecule has 0 spiro atoms. The summed E-state index contributed by atoms with van der Waals surface area (Å²) < 4.78 is 37.5. The number of rotatable bonds is 9. The Kier molecular flexibility index (Phi) is 17.8. The van der Waals surface area contributed by atoms with Gasteiger partial charge >= 0.3 is 0 Å². The summed E-state index contributed by atoms with van der Waals surface area (Å²) in [5.41, 5.74) is 19.3. The molecule has 0 aliphatic rings. The molecule has 0 bridgehead atoms. The second kappa shape index (κ2) is 31.0. The van der Waals surface area contributed by atoms with Crippen molar-refractivity contribution in [3.63, 3.8) is 0 Å². The van der Waals surface area contributed by atoms with Gasteiger partial charge in [-0.1, -0.05) is 200 Å². The van der Waals surface area contributed by atoms with Gasteiger partial charge in [0.15, 0.2) is 29.1 Å². The molecule has 0 saturated carbocycles. The maximum absolute atomic E-state index is 6.25. The molecule has 0 aliphatic carbocycles. The Bertz CT molecular complexity index is 8880. The number of furan rings is 4. The molecule has 0 saturated heterocycles. The zero-order valence-electron chi connectivity index (χ0n) is 71.3. The van der Waals surface area contributed by atoms with E-state index in [9.17, 15) is 0 Å². The highest BCUT2D eigenvalue weighted by molar-refractivity contribution is 7.27. The molecule has 11 nitrogen and oxygen atoms in total. The molecule has 0 radical (unpaired) electrons. The van der Waals surface area contributed by atoms with Crippen LogP contribution in [0.4, 0.5) is 0 Å². The normalized spacial score (nSPS) is 12.0. The van der Waals surface area contributed by atoms with Crippen LogP contribution in [0, 0.1) is 0 Å². The van der Waals surface area contributed by atoms with Crippen molar-refractivity contribution < 1.29 is 17.7 Å². The van der Waals surface area contributed by atoms with Crippen molar-refractivity contribution >= 4 is 245 Å². The number of hydrogen-bond donors (Lipinski definition) is 0. The SMILES string of the molecule is c1ccc2c(c1)oc1cc(-c3nc(-c4ccc5sc6ccccc6c5c4)cc(-c4ccc5sc6ccccc6c5c4)n3)ccc12.c1ccc2c(c1)oc1cc(-c3nc(-c4ccc5sc6ccccc6c5c4)nc(-c4ccc5sc6ccccc6c5c4)n3)ccc12.c1ccc2c(c1)oc1ccc(-c3cc(-c4ccc5c(c4)sc4ccccc45)nc(-c4ccc5oc6ccccc6c5c4)n3)cc12. The van der Waals surface area contributed by atoms with Crippen molar-refractivity contribution in [2.24, 2.45) is 0 Å². The van der Waals surface area contributed by atoms with Crippen LogP contribution in [0.25, 0.3) is 291 Å². The Labute approximate surface area is 787 Å². The largest absolute Gasteiger partial charge is 0.456 e. The first-order valence-electron chi connectivity index (χ1n) is 44.5. The van der Waals surface area contributed by atoms with Crippen molar-refractivity contribution in [2.45, 2.75) is 0 Å². The fourth-order valence-electron chi connectivity index (χ4n) is 19.4. The number of thiophene rings is 5. The number of para-hydroxylation sites is 4. The van der Waals surface area contributed by atoms with E-state index in [2.05, 4.69) is 303 Å². The highest BCUT2D eigenvalue weighted by Crippen LogP contribution is 2.47. The van der Waals surface area contributed by atoms with Crippen LogP contribution >= 0.6 is 56.7 Å². The predicted octanol–water partition coefficient (Wildman–Crippen LogP) is 35.3. The average Bonchev–Trinajstić information content (AvgIpc) is 1.65. The molecular weight excluding hydrogens is 1750 g/mol. The molecule has 12 heterocycles. The van der Waals surface area contributed by atoms with Gasteiger partial charge in [0.25, 0.3) is 0 Å². The number of hydrogen-bond acceptors (Lipinski definition) is 16. The van der Waals surface area contributed by atoms with E-state index in [1.165, 1.54) is 101 Å². The van der Waals surface area contributed by atoms with Crippen molar-refractivity contribution in [3.8, 4) is 102 Å². The lowest BCUT2D eigenvalue weighted by atomic mass is 10.0. The van der Waals surface area contributed by atoms with Crippen molar-refractivity contribution in [3.05, 3.63) is 394 Å². The Balaban J connectivity index is 0.000000101. The summed E-state index contributed by atoms with van der Waals surface area (Å²) in [6.07, 6.45) is 0. The van der Waals surface area contributed by atoms with E-state index in [1.54, 1.807) is 0 Å². The zero-order valence-corrected chi connectivity index (χ0v) is 75.4. The molecule has 18 aromatic carbocycles. The summed E-state index contributed by atoms with van der Waals surface area (Å²) in [5, 5.41) is 21.2. The van der Waals surface area contributed by atoms with Crippen LogP contribution in [0.3, 0.4) is 0 Å². The number of nitrogens with zero attached hydrogens (tertiary/aromatic N) is 7. The molecular formula is C119H65N7O4S5. The third kappa shape index (κ3) is 13.3. The summed E-state index contributed by atoms with van der Waals surface area (Å²) in [7, 11) is 0. The van der Waals surface area contributed by atoms with Crippen LogP contribution in [0.15, 0.2) is 412 Å². The van der Waals surface area contributed by atoms with E-state index < -0.39 is 0 Å². The van der Waals surface area contributed by atoms with Gasteiger partial charge in [-0.3, -0.25) is 0 Å². The van der Waals surface area contributed by atoms with Gasteiger partial charge in [-0.05, 0) is 194 Å². The van der Waals surface area contributed by atoms with Crippen LogP contribution in [0.1, 0.15) is 0 Å². The quantitative estimate of drug-likeness (QED) is 0.136. The molecule has 30 aromatic rings. The second-order valence-electron chi connectivity index (χ2n) is 34.0. The summed E-state index contributed by atoms with van der Waals surface area (Å²) >= 11 is 9.09. The lowest BCUT2D eigenvalue weighted by molar-refractivity contribution is 0.668. The van der Waals surface area contributed by atoms with Crippen LogP contribution < -0.4 is 0 Å². The molecule has 0 N–H and O–H groups in total. The summed E-state index contributed by atoms with van der Waals surface area (Å²) in [5.74, 6) is 3.25. The smallest absolute Gasteiger partial charge is 0.164 e. The predicted molar refractivity (Wildman–Crippen MR) is 566 cm³/mol. The molecule has 0 atom stereocenters. The number of aromatic nitrogens is 7. The lowest BCUT2D eigenvalue weighted by Gasteiger charge is -2.10. The molecule has 16 heteroatoms. The zero-order chi connectivity index (χ0) is 88.5. The van der Waals surface area contributed by atoms with Crippen molar-refractivity contribution in [1.29, 1.82) is 0 Å². The van der Waals surface area contributed by atoms with Gasteiger partial charge < -0.3 is 17.7 Å². The monoisotopic (exact) mass is 1820 g/mol. The second-order valence-corrected chi connectivity index (χ2v) is 39.4. The Hall–Kier alpha value is -16.6. The highest BCUT2D eigenvalue weighted by Gasteiger charge is 2.23. The van der Waals surface area contributed by atoms with Crippen LogP contribution in [0.5, 0.6) is 0 Å². The molecule has 0 aliphatic heterocycles. The van der Waals surface area contributed by atoms with E-state index in [1.807, 2.05) is 148 Å². The first-order valence-corrected chi connectivity index (χ1v) is 48.6. The minimum atomic E-state index is 0.614. The summed E-state index contributed by atoms with van der Waals surface area (Å²) in [6.45, 7) is 0. The first kappa shape index (κ1) is 77.2. The van der Waals surface area contributed by atoms with Crippen molar-refractivity contribution in [1.82, 2.24) is 34.9 Å². The van der Waals surface area contributed by atoms with Gasteiger partial charge in [-0.15, -0.1) is 56.7 Å². The van der Waals surface area contributed by atoms with E-state index in [4.69, 9.17) is 52.6 Å². The van der Waals surface area contributed by atoms with Gasteiger partial charge in [0.1, 0.15) is 44.7 Å². The maximum atomic E-state index is 6.25. The fraction of sp³-hybridized carbons (Fsp3) is 0. The topological polar surface area (TPSA) is 143 Å². The van der Waals surface area contributed by atoms with E-state index in [0.29, 0.717) is 29.1 Å². The summed E-state index contributed by atoms with van der Waals surface area (Å²) in [6, 6.07) is 138. The Morgan fingerprint density at radius 3 is 0.711 bits per heavy atom. The maximum Gasteiger partial charge on any atom is 0.164 e. The minimum absolute atomic E-state index is 0.614. The molecule has 630 valence electrons.